The van der Waals surface area contributed by atoms with Crippen LogP contribution < -0.4 is 0 Å². The molecular weight excluding hydrogens is 277 g/mol. The van der Waals surface area contributed by atoms with Gasteiger partial charge in [0, 0.05) is 18.3 Å². The van der Waals surface area contributed by atoms with Crippen molar-refractivity contribution >= 4 is 24.7 Å². The molecule has 1 atom stereocenters. The molecule has 1 amide bonds. The second-order valence-corrected chi connectivity index (χ2v) is 5.74. The molecule has 0 aliphatic rings. The largest absolute Gasteiger partial charge is 0.346 e. The van der Waals surface area contributed by atoms with Gasteiger partial charge in [-0.3, -0.25) is 14.6 Å². The standard InChI is InChI=1S/C14H16NO4P/c16-14(15(17)9-4-10-20(18)19)13-8-3-6-11-5-1-2-7-12(11)13/h1-3,5-8,17,20H,4,9-10H2,(H,18,19). The smallest absolute Gasteiger partial charge is 0.277 e. The first-order chi connectivity index (χ1) is 9.59. The number of hydrogen-bond acceptors (Lipinski definition) is 3. The van der Waals surface area contributed by atoms with Crippen LogP contribution in [0.25, 0.3) is 10.8 Å². The lowest BCUT2D eigenvalue weighted by molar-refractivity contribution is -0.0575. The Hall–Kier alpha value is -1.68. The van der Waals surface area contributed by atoms with Crippen LogP contribution in [-0.4, -0.2) is 33.8 Å². The Kier molecular flexibility index (Phi) is 4.90. The van der Waals surface area contributed by atoms with E-state index >= 15 is 0 Å². The van der Waals surface area contributed by atoms with Crippen molar-refractivity contribution in [3.05, 3.63) is 48.0 Å². The van der Waals surface area contributed by atoms with Crippen LogP contribution in [-0.2, 0) is 4.57 Å². The molecule has 1 unspecified atom stereocenters. The Morgan fingerprint density at radius 1 is 1.15 bits per heavy atom. The Bertz CT molecular complexity index is 639. The van der Waals surface area contributed by atoms with E-state index < -0.39 is 13.9 Å². The van der Waals surface area contributed by atoms with Crippen molar-refractivity contribution in [2.45, 2.75) is 6.42 Å². The summed E-state index contributed by atoms with van der Waals surface area (Å²) in [5.41, 5.74) is 0.419. The van der Waals surface area contributed by atoms with Gasteiger partial charge < -0.3 is 4.89 Å². The van der Waals surface area contributed by atoms with Crippen LogP contribution in [0.1, 0.15) is 16.8 Å². The third kappa shape index (κ3) is 3.45. The second-order valence-electron chi connectivity index (χ2n) is 4.45. The number of hydrogen-bond donors (Lipinski definition) is 2. The van der Waals surface area contributed by atoms with Crippen molar-refractivity contribution in [2.75, 3.05) is 12.7 Å². The number of hydroxylamine groups is 2. The van der Waals surface area contributed by atoms with Gasteiger partial charge in [0.05, 0.1) is 0 Å². The lowest BCUT2D eigenvalue weighted by atomic mass is 10.0. The zero-order chi connectivity index (χ0) is 14.5. The Morgan fingerprint density at radius 2 is 1.85 bits per heavy atom. The van der Waals surface area contributed by atoms with Crippen LogP contribution in [0.15, 0.2) is 42.5 Å². The highest BCUT2D eigenvalue weighted by atomic mass is 31.1. The fourth-order valence-electron chi connectivity index (χ4n) is 2.03. The summed E-state index contributed by atoms with van der Waals surface area (Å²) in [6.07, 6.45) is 0.395. The molecule has 0 saturated heterocycles. The summed E-state index contributed by atoms with van der Waals surface area (Å²) in [5, 5.41) is 12.1. The molecule has 0 saturated carbocycles. The molecule has 0 bridgehead atoms. The zero-order valence-electron chi connectivity index (χ0n) is 10.8. The van der Waals surface area contributed by atoms with Gasteiger partial charge in [-0.05, 0) is 23.3 Å². The molecule has 0 fully saturated rings. The highest BCUT2D eigenvalue weighted by Crippen LogP contribution is 2.20. The maximum Gasteiger partial charge on any atom is 0.277 e. The molecule has 2 rings (SSSR count). The van der Waals surface area contributed by atoms with Crippen LogP contribution in [0.5, 0.6) is 0 Å². The molecule has 2 N–H and O–H groups in total. The summed E-state index contributed by atoms with van der Waals surface area (Å²) in [6, 6.07) is 12.7. The molecule has 2 aromatic rings. The normalized spacial score (nSPS) is 12.3. The van der Waals surface area contributed by atoms with Gasteiger partial charge in [-0.1, -0.05) is 36.4 Å². The fourth-order valence-corrected chi connectivity index (χ4v) is 2.49. The molecule has 6 heteroatoms. The number of amides is 1. The lowest BCUT2D eigenvalue weighted by Gasteiger charge is -2.15. The number of fused-ring (bicyclic) bond motifs is 1. The van der Waals surface area contributed by atoms with E-state index in [0.717, 1.165) is 10.8 Å². The minimum Gasteiger partial charge on any atom is -0.346 e. The maximum atomic E-state index is 12.2. The minimum atomic E-state index is -2.55. The summed E-state index contributed by atoms with van der Waals surface area (Å²) in [4.78, 5) is 20.9. The van der Waals surface area contributed by atoms with Gasteiger partial charge >= 0.3 is 0 Å². The molecule has 2 aromatic carbocycles. The van der Waals surface area contributed by atoms with Gasteiger partial charge in [-0.15, -0.1) is 0 Å². The topological polar surface area (TPSA) is 77.8 Å². The molecule has 20 heavy (non-hydrogen) atoms. The Morgan fingerprint density at radius 3 is 2.60 bits per heavy atom. The van der Waals surface area contributed by atoms with E-state index in [9.17, 15) is 14.6 Å². The van der Waals surface area contributed by atoms with Gasteiger partial charge in [0.25, 0.3) is 5.91 Å². The quantitative estimate of drug-likeness (QED) is 0.504. The van der Waals surface area contributed by atoms with Crippen LogP contribution in [0.4, 0.5) is 0 Å². The molecule has 0 radical (unpaired) electrons. The second kappa shape index (κ2) is 6.66. The van der Waals surface area contributed by atoms with Gasteiger partial charge in [-0.25, -0.2) is 5.06 Å². The molecule has 0 heterocycles. The molecule has 0 spiro atoms. The number of carbonyl (C=O) groups is 1. The molecule has 0 aromatic heterocycles. The van der Waals surface area contributed by atoms with E-state index in [-0.39, 0.29) is 12.7 Å². The first-order valence-electron chi connectivity index (χ1n) is 6.30. The van der Waals surface area contributed by atoms with E-state index in [1.165, 1.54) is 0 Å². The highest BCUT2D eigenvalue weighted by Gasteiger charge is 2.15. The summed E-state index contributed by atoms with van der Waals surface area (Å²) in [7, 11) is -2.55. The van der Waals surface area contributed by atoms with Gasteiger partial charge in [0.1, 0.15) is 0 Å². The number of nitrogens with zero attached hydrogens (tertiary/aromatic N) is 1. The Balaban J connectivity index is 2.16. The molecule has 0 aliphatic carbocycles. The van der Waals surface area contributed by atoms with E-state index in [4.69, 9.17) is 4.89 Å². The molecular formula is C14H16NO4P. The summed E-state index contributed by atoms with van der Waals surface area (Å²) < 4.78 is 10.6. The van der Waals surface area contributed by atoms with E-state index in [1.807, 2.05) is 30.3 Å². The van der Waals surface area contributed by atoms with Crippen LogP contribution >= 0.6 is 8.03 Å². The zero-order valence-corrected chi connectivity index (χ0v) is 11.8. The highest BCUT2D eigenvalue weighted by molar-refractivity contribution is 7.37. The van der Waals surface area contributed by atoms with Crippen LogP contribution in [0.3, 0.4) is 0 Å². The van der Waals surface area contributed by atoms with Crippen molar-refractivity contribution in [2.24, 2.45) is 0 Å². The number of rotatable bonds is 5. The van der Waals surface area contributed by atoms with E-state index in [0.29, 0.717) is 17.0 Å². The molecule has 106 valence electrons. The summed E-state index contributed by atoms with van der Waals surface area (Å²) in [5.74, 6) is -0.501. The lowest BCUT2D eigenvalue weighted by Crippen LogP contribution is -2.28. The number of benzene rings is 2. The van der Waals surface area contributed by atoms with E-state index in [2.05, 4.69) is 0 Å². The van der Waals surface area contributed by atoms with Crippen molar-refractivity contribution in [1.82, 2.24) is 5.06 Å². The van der Waals surface area contributed by atoms with Gasteiger partial charge in [-0.2, -0.15) is 0 Å². The minimum absolute atomic E-state index is 0.0407. The first kappa shape index (κ1) is 14.7. The molecule has 0 aliphatic heterocycles. The number of carbonyl (C=O) groups excluding carboxylic acids is 1. The van der Waals surface area contributed by atoms with Crippen LogP contribution in [0.2, 0.25) is 0 Å². The predicted octanol–water partition coefficient (Wildman–Crippen LogP) is 2.53. The average Bonchev–Trinajstić information content (AvgIpc) is 2.45. The van der Waals surface area contributed by atoms with Crippen molar-refractivity contribution < 1.29 is 19.5 Å². The van der Waals surface area contributed by atoms with Crippen molar-refractivity contribution in [1.29, 1.82) is 0 Å². The SMILES string of the molecule is O=C(c1cccc2ccccc12)N(O)CCC[PH](=O)O. The van der Waals surface area contributed by atoms with Crippen LogP contribution in [0, 0.1) is 0 Å². The molecule has 5 nitrogen and oxygen atoms in total. The Labute approximate surface area is 117 Å². The summed E-state index contributed by atoms with van der Waals surface area (Å²) >= 11 is 0. The van der Waals surface area contributed by atoms with Gasteiger partial charge in [0.2, 0.25) is 0 Å². The first-order valence-corrected chi connectivity index (χ1v) is 7.86. The van der Waals surface area contributed by atoms with Crippen molar-refractivity contribution in [3.8, 4) is 0 Å². The van der Waals surface area contributed by atoms with Crippen molar-refractivity contribution in [3.63, 3.8) is 0 Å². The fraction of sp³-hybridized carbons (Fsp3) is 0.214. The predicted molar refractivity (Wildman–Crippen MR) is 77.5 cm³/mol. The monoisotopic (exact) mass is 293 g/mol. The maximum absolute atomic E-state index is 12.2. The summed E-state index contributed by atoms with van der Waals surface area (Å²) in [6.45, 7) is 0.0407. The third-order valence-electron chi connectivity index (χ3n) is 3.02. The average molecular weight is 293 g/mol. The van der Waals surface area contributed by atoms with E-state index in [1.54, 1.807) is 12.1 Å². The third-order valence-corrected chi connectivity index (χ3v) is 3.80. The van der Waals surface area contributed by atoms with Gasteiger partial charge in [0.15, 0.2) is 8.03 Å².